The zero-order valence-electron chi connectivity index (χ0n) is 12.1. The Balaban J connectivity index is 2.28. The summed E-state index contributed by atoms with van der Waals surface area (Å²) in [4.78, 5) is 2.40. The zero-order chi connectivity index (χ0) is 13.8. The van der Waals surface area contributed by atoms with Crippen molar-refractivity contribution in [1.82, 2.24) is 4.90 Å². The maximum atomic E-state index is 5.98. The predicted molar refractivity (Wildman–Crippen MR) is 79.9 cm³/mol. The van der Waals surface area contributed by atoms with E-state index < -0.39 is 0 Å². The molecule has 0 aliphatic carbocycles. The third kappa shape index (κ3) is 3.17. The minimum atomic E-state index is 0.533. The topological polar surface area (TPSA) is 42.4 Å². The summed E-state index contributed by atoms with van der Waals surface area (Å²) < 4.78 is 5.98. The smallest absolute Gasteiger partial charge is 0.134 e. The van der Waals surface area contributed by atoms with E-state index in [1.807, 2.05) is 18.2 Å². The normalized spacial score (nSPS) is 11.9. The molecular formula is C16H24N2O. The highest BCUT2D eigenvalue weighted by Crippen LogP contribution is 2.26. The summed E-state index contributed by atoms with van der Waals surface area (Å²) in [7, 11) is 0. The van der Waals surface area contributed by atoms with E-state index in [9.17, 15) is 0 Å². The van der Waals surface area contributed by atoms with Crippen molar-refractivity contribution in [3.63, 3.8) is 0 Å². The average Bonchev–Trinajstić information content (AvgIpc) is 2.74. The molecule has 0 atom stereocenters. The minimum Gasteiger partial charge on any atom is -0.459 e. The molecule has 3 heteroatoms. The Morgan fingerprint density at radius 1 is 1.26 bits per heavy atom. The molecule has 19 heavy (non-hydrogen) atoms. The third-order valence-corrected chi connectivity index (χ3v) is 3.42. The van der Waals surface area contributed by atoms with Gasteiger partial charge in [-0.3, -0.25) is 4.90 Å². The second-order valence-corrected chi connectivity index (χ2v) is 5.43. The van der Waals surface area contributed by atoms with Crippen molar-refractivity contribution in [3.05, 3.63) is 35.6 Å². The van der Waals surface area contributed by atoms with Gasteiger partial charge in [0, 0.05) is 24.0 Å². The quantitative estimate of drug-likeness (QED) is 0.866. The van der Waals surface area contributed by atoms with Crippen molar-refractivity contribution in [2.75, 3.05) is 13.1 Å². The Hall–Kier alpha value is -1.32. The van der Waals surface area contributed by atoms with Crippen LogP contribution in [0, 0.1) is 5.92 Å². The zero-order valence-corrected chi connectivity index (χ0v) is 12.1. The first kappa shape index (κ1) is 14.1. The molecule has 0 saturated carbocycles. The summed E-state index contributed by atoms with van der Waals surface area (Å²) in [6, 6.07) is 8.13. The molecule has 0 aliphatic rings. The van der Waals surface area contributed by atoms with Gasteiger partial charge in [-0.1, -0.05) is 39.0 Å². The number of furan rings is 1. The van der Waals surface area contributed by atoms with Crippen molar-refractivity contribution in [2.45, 2.75) is 33.9 Å². The fraction of sp³-hybridized carbons (Fsp3) is 0.500. The number of rotatable bonds is 6. The van der Waals surface area contributed by atoms with E-state index in [0.717, 1.165) is 41.9 Å². The van der Waals surface area contributed by atoms with Crippen LogP contribution in [-0.4, -0.2) is 18.0 Å². The highest BCUT2D eigenvalue weighted by Gasteiger charge is 2.15. The van der Waals surface area contributed by atoms with Crippen LogP contribution in [0.3, 0.4) is 0 Å². The van der Waals surface area contributed by atoms with Crippen LogP contribution < -0.4 is 5.73 Å². The molecule has 1 heterocycles. The maximum absolute atomic E-state index is 5.98. The van der Waals surface area contributed by atoms with Crippen molar-refractivity contribution in [2.24, 2.45) is 11.7 Å². The number of hydrogen-bond acceptors (Lipinski definition) is 3. The van der Waals surface area contributed by atoms with E-state index in [1.165, 1.54) is 0 Å². The summed E-state index contributed by atoms with van der Waals surface area (Å²) in [6.45, 7) is 10.2. The maximum Gasteiger partial charge on any atom is 0.134 e. The Morgan fingerprint density at radius 3 is 2.63 bits per heavy atom. The van der Waals surface area contributed by atoms with Gasteiger partial charge in [0.05, 0.1) is 6.54 Å². The Labute approximate surface area is 115 Å². The van der Waals surface area contributed by atoms with E-state index in [0.29, 0.717) is 12.5 Å². The van der Waals surface area contributed by atoms with Gasteiger partial charge in [-0.05, 0) is 18.5 Å². The second-order valence-electron chi connectivity index (χ2n) is 5.43. The SMILES string of the molecule is CCN(Cc1oc2ccccc2c1CN)CC(C)C. The molecule has 1 aromatic heterocycles. The largest absolute Gasteiger partial charge is 0.459 e. The first-order valence-corrected chi connectivity index (χ1v) is 7.07. The lowest BCUT2D eigenvalue weighted by Crippen LogP contribution is -2.27. The molecule has 1 aromatic carbocycles. The van der Waals surface area contributed by atoms with E-state index in [1.54, 1.807) is 0 Å². The van der Waals surface area contributed by atoms with Gasteiger partial charge in [0.1, 0.15) is 11.3 Å². The molecule has 104 valence electrons. The summed E-state index contributed by atoms with van der Waals surface area (Å²) >= 11 is 0. The molecule has 2 aromatic rings. The highest BCUT2D eigenvalue weighted by molar-refractivity contribution is 5.82. The van der Waals surface area contributed by atoms with Gasteiger partial charge in [0.2, 0.25) is 0 Å². The molecular weight excluding hydrogens is 236 g/mol. The van der Waals surface area contributed by atoms with Crippen LogP contribution in [0.15, 0.2) is 28.7 Å². The molecule has 2 rings (SSSR count). The number of nitrogens with two attached hydrogens (primary N) is 1. The molecule has 0 amide bonds. The molecule has 0 bridgehead atoms. The lowest BCUT2D eigenvalue weighted by molar-refractivity contribution is 0.230. The van der Waals surface area contributed by atoms with Crippen LogP contribution >= 0.6 is 0 Å². The Kier molecular flexibility index (Phi) is 4.61. The monoisotopic (exact) mass is 260 g/mol. The van der Waals surface area contributed by atoms with Gasteiger partial charge in [0.15, 0.2) is 0 Å². The van der Waals surface area contributed by atoms with Gasteiger partial charge < -0.3 is 10.2 Å². The molecule has 0 aliphatic heterocycles. The lowest BCUT2D eigenvalue weighted by atomic mass is 10.1. The van der Waals surface area contributed by atoms with Gasteiger partial charge in [-0.2, -0.15) is 0 Å². The van der Waals surface area contributed by atoms with Gasteiger partial charge in [-0.15, -0.1) is 0 Å². The number of para-hydroxylation sites is 1. The van der Waals surface area contributed by atoms with Crippen LogP contribution in [0.4, 0.5) is 0 Å². The number of fused-ring (bicyclic) bond motifs is 1. The summed E-state index contributed by atoms with van der Waals surface area (Å²) in [6.07, 6.45) is 0. The fourth-order valence-electron chi connectivity index (χ4n) is 2.53. The molecule has 0 spiro atoms. The number of nitrogens with zero attached hydrogens (tertiary/aromatic N) is 1. The molecule has 0 fully saturated rings. The molecule has 3 nitrogen and oxygen atoms in total. The summed E-state index contributed by atoms with van der Waals surface area (Å²) in [5.74, 6) is 1.68. The van der Waals surface area contributed by atoms with Crippen LogP contribution in [0.1, 0.15) is 32.1 Å². The van der Waals surface area contributed by atoms with Crippen molar-refractivity contribution < 1.29 is 4.42 Å². The van der Waals surface area contributed by atoms with Crippen molar-refractivity contribution >= 4 is 11.0 Å². The lowest BCUT2D eigenvalue weighted by Gasteiger charge is -2.21. The van der Waals surface area contributed by atoms with Crippen LogP contribution in [0.5, 0.6) is 0 Å². The molecule has 0 saturated heterocycles. The van der Waals surface area contributed by atoms with Gasteiger partial charge in [0.25, 0.3) is 0 Å². The molecule has 0 radical (unpaired) electrons. The number of benzene rings is 1. The average molecular weight is 260 g/mol. The van der Waals surface area contributed by atoms with Crippen molar-refractivity contribution in [3.8, 4) is 0 Å². The predicted octanol–water partition coefficient (Wildman–Crippen LogP) is 3.37. The van der Waals surface area contributed by atoms with Gasteiger partial charge in [-0.25, -0.2) is 0 Å². The third-order valence-electron chi connectivity index (χ3n) is 3.42. The van der Waals surface area contributed by atoms with Crippen molar-refractivity contribution in [1.29, 1.82) is 0 Å². The standard InChI is InChI=1S/C16H24N2O/c1-4-18(10-12(2)3)11-16-14(9-17)13-7-5-6-8-15(13)19-16/h5-8,12H,4,9-11,17H2,1-3H3. The fourth-order valence-corrected chi connectivity index (χ4v) is 2.53. The Bertz CT molecular complexity index is 531. The molecule has 2 N–H and O–H groups in total. The molecule has 0 unspecified atom stereocenters. The summed E-state index contributed by atoms with van der Waals surface area (Å²) in [5, 5.41) is 1.15. The number of hydrogen-bond donors (Lipinski definition) is 1. The second kappa shape index (κ2) is 6.22. The van der Waals surface area contributed by atoms with Gasteiger partial charge >= 0.3 is 0 Å². The highest BCUT2D eigenvalue weighted by atomic mass is 16.3. The van der Waals surface area contributed by atoms with E-state index in [2.05, 4.69) is 31.7 Å². The summed E-state index contributed by atoms with van der Waals surface area (Å²) in [5.41, 5.74) is 7.99. The first-order valence-electron chi connectivity index (χ1n) is 7.07. The van der Waals surface area contributed by atoms with E-state index in [4.69, 9.17) is 10.2 Å². The van der Waals surface area contributed by atoms with E-state index >= 15 is 0 Å². The minimum absolute atomic E-state index is 0.533. The first-order chi connectivity index (χ1) is 9.15. The van der Waals surface area contributed by atoms with Crippen LogP contribution in [0.25, 0.3) is 11.0 Å². The van der Waals surface area contributed by atoms with E-state index in [-0.39, 0.29) is 0 Å². The van der Waals surface area contributed by atoms with Crippen LogP contribution in [0.2, 0.25) is 0 Å². The van der Waals surface area contributed by atoms with Crippen LogP contribution in [-0.2, 0) is 13.1 Å². The Morgan fingerprint density at radius 2 is 2.00 bits per heavy atom.